The van der Waals surface area contributed by atoms with E-state index in [9.17, 15) is 4.79 Å². The summed E-state index contributed by atoms with van der Waals surface area (Å²) >= 11 is 0. The number of nitrogens with zero attached hydrogens (tertiary/aromatic N) is 3. The molecule has 25 heavy (non-hydrogen) atoms. The van der Waals surface area contributed by atoms with Crippen LogP contribution in [0.3, 0.4) is 0 Å². The largest absolute Gasteiger partial charge is 0.444 e. The van der Waals surface area contributed by atoms with Gasteiger partial charge in [-0.25, -0.2) is 9.78 Å². The molecule has 2 aliphatic rings. The highest BCUT2D eigenvalue weighted by Crippen LogP contribution is 2.39. The normalized spacial score (nSPS) is 22.8. The van der Waals surface area contributed by atoms with E-state index in [1.807, 2.05) is 56.1 Å². The molecular formula is C20H23N3O2. The average molecular weight is 337 g/mol. The summed E-state index contributed by atoms with van der Waals surface area (Å²) in [6, 6.07) is 8.18. The third-order valence-corrected chi connectivity index (χ3v) is 4.78. The summed E-state index contributed by atoms with van der Waals surface area (Å²) in [5.41, 5.74) is 3.44. The van der Waals surface area contributed by atoms with Gasteiger partial charge in [0.25, 0.3) is 0 Å². The zero-order valence-corrected chi connectivity index (χ0v) is 14.9. The van der Waals surface area contributed by atoms with Crippen LogP contribution in [0, 0.1) is 0 Å². The van der Waals surface area contributed by atoms with Gasteiger partial charge >= 0.3 is 6.09 Å². The first kappa shape index (κ1) is 16.1. The Morgan fingerprint density at radius 2 is 1.96 bits per heavy atom. The first-order valence-corrected chi connectivity index (χ1v) is 8.85. The molecule has 2 atom stereocenters. The Balaban J connectivity index is 1.61. The van der Waals surface area contributed by atoms with Gasteiger partial charge < -0.3 is 4.74 Å². The number of fused-ring (bicyclic) bond motifs is 3. The van der Waals surface area contributed by atoms with Gasteiger partial charge in [-0.05, 0) is 57.7 Å². The maximum absolute atomic E-state index is 12.5. The maximum atomic E-state index is 12.5. The molecule has 0 radical (unpaired) electrons. The van der Waals surface area contributed by atoms with Gasteiger partial charge in [0, 0.05) is 6.04 Å². The molecule has 0 spiro atoms. The number of amides is 1. The molecule has 5 nitrogen and oxygen atoms in total. The molecule has 5 heteroatoms. The van der Waals surface area contributed by atoms with Gasteiger partial charge in [0.2, 0.25) is 0 Å². The van der Waals surface area contributed by atoms with E-state index in [-0.39, 0.29) is 18.2 Å². The molecule has 4 rings (SSSR count). The summed E-state index contributed by atoms with van der Waals surface area (Å²) < 4.78 is 5.59. The molecule has 1 aromatic heterocycles. The summed E-state index contributed by atoms with van der Waals surface area (Å²) in [6.07, 6.45) is 6.60. The summed E-state index contributed by atoms with van der Waals surface area (Å²) in [7, 11) is 0. The molecule has 1 fully saturated rings. The summed E-state index contributed by atoms with van der Waals surface area (Å²) in [4.78, 5) is 23.7. The van der Waals surface area contributed by atoms with Gasteiger partial charge in [0.05, 0.1) is 29.0 Å². The maximum Gasteiger partial charge on any atom is 0.411 e. The number of ether oxygens (including phenoxy) is 1. The van der Waals surface area contributed by atoms with Crippen molar-refractivity contribution in [3.63, 3.8) is 0 Å². The van der Waals surface area contributed by atoms with Crippen LogP contribution in [0.4, 0.5) is 4.79 Å². The first-order valence-electron chi connectivity index (χ1n) is 8.85. The van der Waals surface area contributed by atoms with E-state index < -0.39 is 5.60 Å². The third kappa shape index (κ3) is 3.11. The van der Waals surface area contributed by atoms with Crippen LogP contribution in [0.2, 0.25) is 0 Å². The standard InChI is InChI=1S/C20H23N3O2/c1-20(2,3)25-19(24)23-14-8-9-15(23)11-13(10-14)18-12-21-16-6-4-5-7-17(16)22-18/h4-7,10,12,14-15H,8-9,11H2,1-3H3. The van der Waals surface area contributed by atoms with Crippen molar-refractivity contribution in [2.75, 3.05) is 0 Å². The van der Waals surface area contributed by atoms with Crippen LogP contribution in [0.5, 0.6) is 0 Å². The average Bonchev–Trinajstić information content (AvgIpc) is 2.83. The SMILES string of the molecule is CC(C)(C)OC(=O)N1C2C=C(c3cnc4ccccc4n3)CC1CC2. The number of hydrogen-bond donors (Lipinski definition) is 0. The fourth-order valence-electron chi connectivity index (χ4n) is 3.73. The zero-order valence-electron chi connectivity index (χ0n) is 14.9. The lowest BCUT2D eigenvalue weighted by molar-refractivity contribution is 0.0175. The molecule has 0 N–H and O–H groups in total. The second-order valence-electron chi connectivity index (χ2n) is 7.83. The molecule has 1 saturated heterocycles. The second-order valence-corrected chi connectivity index (χ2v) is 7.83. The minimum absolute atomic E-state index is 0.0943. The lowest BCUT2D eigenvalue weighted by atomic mass is 9.99. The number of hydrogen-bond acceptors (Lipinski definition) is 4. The van der Waals surface area contributed by atoms with E-state index in [1.165, 1.54) is 5.57 Å². The van der Waals surface area contributed by atoms with Crippen molar-refractivity contribution in [3.8, 4) is 0 Å². The monoisotopic (exact) mass is 337 g/mol. The van der Waals surface area contributed by atoms with E-state index in [1.54, 1.807) is 0 Å². The van der Waals surface area contributed by atoms with Gasteiger partial charge in [0.1, 0.15) is 5.60 Å². The van der Waals surface area contributed by atoms with Crippen molar-refractivity contribution in [1.82, 2.24) is 14.9 Å². The van der Waals surface area contributed by atoms with E-state index in [2.05, 4.69) is 11.1 Å². The molecule has 3 heterocycles. The predicted octanol–water partition coefficient (Wildman–Crippen LogP) is 4.19. The highest BCUT2D eigenvalue weighted by Gasteiger charge is 2.41. The van der Waals surface area contributed by atoms with Crippen molar-refractivity contribution in [1.29, 1.82) is 0 Å². The van der Waals surface area contributed by atoms with Crippen molar-refractivity contribution in [2.45, 2.75) is 57.7 Å². The van der Waals surface area contributed by atoms with Gasteiger partial charge in [-0.15, -0.1) is 0 Å². The Kier molecular flexibility index (Phi) is 3.74. The second kappa shape index (κ2) is 5.83. The fourth-order valence-corrected chi connectivity index (χ4v) is 3.73. The molecule has 2 aromatic rings. The van der Waals surface area contributed by atoms with Crippen molar-refractivity contribution < 1.29 is 9.53 Å². The molecule has 0 aliphatic carbocycles. The Morgan fingerprint density at radius 3 is 2.68 bits per heavy atom. The van der Waals surface area contributed by atoms with Crippen LogP contribution >= 0.6 is 0 Å². The highest BCUT2D eigenvalue weighted by atomic mass is 16.6. The smallest absolute Gasteiger partial charge is 0.411 e. The summed E-state index contributed by atoms with van der Waals surface area (Å²) in [5.74, 6) is 0. The van der Waals surface area contributed by atoms with Crippen LogP contribution in [0.1, 0.15) is 45.7 Å². The van der Waals surface area contributed by atoms with Gasteiger partial charge in [0.15, 0.2) is 0 Å². The van der Waals surface area contributed by atoms with Crippen LogP contribution in [-0.4, -0.2) is 38.6 Å². The van der Waals surface area contributed by atoms with Gasteiger partial charge in [-0.2, -0.15) is 0 Å². The number of rotatable bonds is 1. The van der Waals surface area contributed by atoms with Crippen LogP contribution in [0.25, 0.3) is 16.6 Å². The Hall–Kier alpha value is -2.43. The predicted molar refractivity (Wildman–Crippen MR) is 97.0 cm³/mol. The molecule has 1 aromatic carbocycles. The number of benzene rings is 1. The van der Waals surface area contributed by atoms with Crippen molar-refractivity contribution in [2.24, 2.45) is 0 Å². The van der Waals surface area contributed by atoms with E-state index in [0.717, 1.165) is 36.0 Å². The number of carbonyl (C=O) groups is 1. The quantitative estimate of drug-likeness (QED) is 0.783. The lowest BCUT2D eigenvalue weighted by Gasteiger charge is -2.35. The van der Waals surface area contributed by atoms with E-state index in [0.29, 0.717) is 0 Å². The Labute approximate surface area is 147 Å². The highest BCUT2D eigenvalue weighted by molar-refractivity contribution is 5.78. The molecular weight excluding hydrogens is 314 g/mol. The minimum Gasteiger partial charge on any atom is -0.444 e. The molecule has 130 valence electrons. The minimum atomic E-state index is -0.468. The molecule has 0 saturated carbocycles. The number of para-hydroxylation sites is 2. The van der Waals surface area contributed by atoms with Gasteiger partial charge in [-0.3, -0.25) is 9.88 Å². The summed E-state index contributed by atoms with van der Waals surface area (Å²) in [6.45, 7) is 5.72. The molecule has 2 bridgehead atoms. The Bertz CT molecular complexity index is 853. The number of carbonyl (C=O) groups excluding carboxylic acids is 1. The van der Waals surface area contributed by atoms with Crippen molar-refractivity contribution >= 4 is 22.7 Å². The van der Waals surface area contributed by atoms with Crippen LogP contribution < -0.4 is 0 Å². The van der Waals surface area contributed by atoms with E-state index >= 15 is 0 Å². The molecule has 1 amide bonds. The first-order chi connectivity index (χ1) is 11.9. The zero-order chi connectivity index (χ0) is 17.6. The lowest BCUT2D eigenvalue weighted by Crippen LogP contribution is -2.45. The van der Waals surface area contributed by atoms with E-state index in [4.69, 9.17) is 9.72 Å². The number of aromatic nitrogens is 2. The van der Waals surface area contributed by atoms with Gasteiger partial charge in [-0.1, -0.05) is 18.2 Å². The molecule has 2 aliphatic heterocycles. The summed E-state index contributed by atoms with van der Waals surface area (Å²) in [5, 5.41) is 0. The molecule has 2 unspecified atom stereocenters. The van der Waals surface area contributed by atoms with Crippen molar-refractivity contribution in [3.05, 3.63) is 42.2 Å². The van der Waals surface area contributed by atoms with Crippen LogP contribution in [-0.2, 0) is 4.74 Å². The topological polar surface area (TPSA) is 55.3 Å². The third-order valence-electron chi connectivity index (χ3n) is 4.78. The van der Waals surface area contributed by atoms with Crippen LogP contribution in [0.15, 0.2) is 36.5 Å². The Morgan fingerprint density at radius 1 is 1.20 bits per heavy atom. The fraction of sp³-hybridized carbons (Fsp3) is 0.450.